The summed E-state index contributed by atoms with van der Waals surface area (Å²) in [6.07, 6.45) is 0.699. The van der Waals surface area contributed by atoms with Crippen molar-refractivity contribution in [3.05, 3.63) is 0 Å². The van der Waals surface area contributed by atoms with E-state index in [4.69, 9.17) is 4.52 Å². The minimum atomic E-state index is -2.99. The normalized spacial score (nSPS) is 28.0. The average Bonchev–Trinajstić information content (AvgIpc) is 2.17. The number of carbonyl (C=O) groups excluding carboxylic acids is 1. The van der Waals surface area contributed by atoms with Crippen molar-refractivity contribution in [1.82, 2.24) is 4.67 Å². The van der Waals surface area contributed by atoms with Gasteiger partial charge in [-0.1, -0.05) is 0 Å². The van der Waals surface area contributed by atoms with Gasteiger partial charge in [-0.05, 0) is 20.3 Å². The molecule has 0 aromatic heterocycles. The third kappa shape index (κ3) is 3.03. The molecule has 0 bridgehead atoms. The van der Waals surface area contributed by atoms with Gasteiger partial charge >= 0.3 is 5.97 Å². The van der Waals surface area contributed by atoms with Gasteiger partial charge in [-0.15, -0.1) is 0 Å². The standard InChI is InChI=1S/C9H18NO4P/c1-8(2)10-5-4-6-14-15(10,12)7-9(11)13-3/h8H,4-7H2,1-3H3. The largest absolute Gasteiger partial charge is 0.469 e. The number of carbonyl (C=O) groups is 1. The Morgan fingerprint density at radius 1 is 1.60 bits per heavy atom. The van der Waals surface area contributed by atoms with Crippen LogP contribution in [-0.2, 0) is 18.6 Å². The van der Waals surface area contributed by atoms with Gasteiger partial charge in [0, 0.05) is 12.6 Å². The highest BCUT2D eigenvalue weighted by molar-refractivity contribution is 7.57. The molecule has 1 aliphatic heterocycles. The van der Waals surface area contributed by atoms with E-state index >= 15 is 0 Å². The Balaban J connectivity index is 2.77. The maximum atomic E-state index is 12.4. The van der Waals surface area contributed by atoms with Gasteiger partial charge in [0.1, 0.15) is 6.16 Å². The highest BCUT2D eigenvalue weighted by Gasteiger charge is 2.38. The van der Waals surface area contributed by atoms with Crippen LogP contribution in [0.15, 0.2) is 0 Å². The molecule has 0 aromatic rings. The summed E-state index contributed by atoms with van der Waals surface area (Å²) < 4.78 is 24.0. The minimum absolute atomic E-state index is 0.112. The summed E-state index contributed by atoms with van der Waals surface area (Å²) in [5.41, 5.74) is 0. The fourth-order valence-electron chi connectivity index (χ4n) is 1.63. The molecule has 0 radical (unpaired) electrons. The summed E-state index contributed by atoms with van der Waals surface area (Å²) in [6, 6.07) is 0.112. The Hall–Kier alpha value is -0.380. The second kappa shape index (κ2) is 5.10. The van der Waals surface area contributed by atoms with Gasteiger partial charge < -0.3 is 9.26 Å². The van der Waals surface area contributed by atoms with Gasteiger partial charge in [-0.3, -0.25) is 9.36 Å². The predicted octanol–water partition coefficient (Wildman–Crippen LogP) is 1.48. The van der Waals surface area contributed by atoms with Crippen LogP contribution in [0.5, 0.6) is 0 Å². The Labute approximate surface area is 90.2 Å². The van der Waals surface area contributed by atoms with Gasteiger partial charge in [0.25, 0.3) is 7.52 Å². The zero-order valence-electron chi connectivity index (χ0n) is 9.43. The highest BCUT2D eigenvalue weighted by Crippen LogP contribution is 2.54. The Kier molecular flexibility index (Phi) is 4.32. The molecule has 15 heavy (non-hydrogen) atoms. The molecule has 0 saturated carbocycles. The molecule has 1 fully saturated rings. The van der Waals surface area contributed by atoms with Crippen LogP contribution < -0.4 is 0 Å². The van der Waals surface area contributed by atoms with Crippen molar-refractivity contribution < 1.29 is 18.6 Å². The third-order valence-electron chi connectivity index (χ3n) is 2.37. The number of methoxy groups -OCH3 is 1. The van der Waals surface area contributed by atoms with Crippen LogP contribution in [0.2, 0.25) is 0 Å². The molecular weight excluding hydrogens is 217 g/mol. The lowest BCUT2D eigenvalue weighted by molar-refractivity contribution is -0.137. The van der Waals surface area contributed by atoms with Gasteiger partial charge in [0.15, 0.2) is 0 Å². The molecule has 0 aliphatic carbocycles. The van der Waals surface area contributed by atoms with Crippen molar-refractivity contribution in [3.8, 4) is 0 Å². The molecule has 1 atom stereocenters. The average molecular weight is 235 g/mol. The molecule has 1 aliphatic rings. The number of hydrogen-bond acceptors (Lipinski definition) is 4. The van der Waals surface area contributed by atoms with E-state index in [0.717, 1.165) is 6.42 Å². The smallest absolute Gasteiger partial charge is 0.316 e. The molecule has 1 saturated heterocycles. The monoisotopic (exact) mass is 235 g/mol. The van der Waals surface area contributed by atoms with Crippen molar-refractivity contribution in [2.75, 3.05) is 26.4 Å². The first-order valence-electron chi connectivity index (χ1n) is 5.07. The Morgan fingerprint density at radius 3 is 2.80 bits per heavy atom. The third-order valence-corrected chi connectivity index (χ3v) is 5.06. The zero-order chi connectivity index (χ0) is 11.5. The fourth-order valence-corrected chi connectivity index (χ4v) is 4.08. The van der Waals surface area contributed by atoms with E-state index in [9.17, 15) is 9.36 Å². The zero-order valence-corrected chi connectivity index (χ0v) is 10.3. The topological polar surface area (TPSA) is 55.8 Å². The van der Waals surface area contributed by atoms with Crippen LogP contribution in [0.1, 0.15) is 20.3 Å². The lowest BCUT2D eigenvalue weighted by atomic mass is 10.3. The molecule has 1 rings (SSSR count). The van der Waals surface area contributed by atoms with Crippen LogP contribution in [0.25, 0.3) is 0 Å². The van der Waals surface area contributed by atoms with Gasteiger partial charge in [-0.25, -0.2) is 4.67 Å². The highest BCUT2D eigenvalue weighted by atomic mass is 31.2. The van der Waals surface area contributed by atoms with Crippen LogP contribution in [0.3, 0.4) is 0 Å². The van der Waals surface area contributed by atoms with Crippen LogP contribution in [0, 0.1) is 0 Å². The molecule has 5 nitrogen and oxygen atoms in total. The second-order valence-corrected chi connectivity index (χ2v) is 6.18. The first-order chi connectivity index (χ1) is 6.99. The molecule has 6 heteroatoms. The van der Waals surface area contributed by atoms with Gasteiger partial charge in [0.2, 0.25) is 0 Å². The van der Waals surface area contributed by atoms with E-state index in [-0.39, 0.29) is 12.2 Å². The van der Waals surface area contributed by atoms with Crippen LogP contribution in [0.4, 0.5) is 0 Å². The van der Waals surface area contributed by atoms with E-state index in [1.165, 1.54) is 7.11 Å². The molecule has 1 unspecified atom stereocenters. The minimum Gasteiger partial charge on any atom is -0.469 e. The molecule has 0 spiro atoms. The number of esters is 1. The molecule has 0 aromatic carbocycles. The van der Waals surface area contributed by atoms with E-state index in [1.807, 2.05) is 13.8 Å². The molecule has 0 amide bonds. The van der Waals surface area contributed by atoms with E-state index in [0.29, 0.717) is 13.2 Å². The lowest BCUT2D eigenvalue weighted by Gasteiger charge is -2.37. The first kappa shape index (κ1) is 12.7. The lowest BCUT2D eigenvalue weighted by Crippen LogP contribution is -2.36. The van der Waals surface area contributed by atoms with Crippen molar-refractivity contribution in [3.63, 3.8) is 0 Å². The summed E-state index contributed by atoms with van der Waals surface area (Å²) in [6.45, 7) is 5.06. The predicted molar refractivity (Wildman–Crippen MR) is 56.9 cm³/mol. The quantitative estimate of drug-likeness (QED) is 0.548. The SMILES string of the molecule is COC(=O)CP1(=O)OCCCN1C(C)C. The molecule has 88 valence electrons. The van der Waals surface area contributed by atoms with E-state index in [1.54, 1.807) is 4.67 Å². The maximum absolute atomic E-state index is 12.4. The van der Waals surface area contributed by atoms with Crippen LogP contribution >= 0.6 is 7.52 Å². The molecular formula is C9H18NO4P. The fraction of sp³-hybridized carbons (Fsp3) is 0.889. The van der Waals surface area contributed by atoms with Crippen molar-refractivity contribution >= 4 is 13.5 Å². The van der Waals surface area contributed by atoms with Crippen molar-refractivity contribution in [2.45, 2.75) is 26.3 Å². The Bertz CT molecular complexity index is 279. The Morgan fingerprint density at radius 2 is 2.27 bits per heavy atom. The summed E-state index contributed by atoms with van der Waals surface area (Å²) in [7, 11) is -1.70. The van der Waals surface area contributed by atoms with Crippen LogP contribution in [-0.4, -0.2) is 43.1 Å². The summed E-state index contributed by atoms with van der Waals surface area (Å²) in [4.78, 5) is 11.2. The maximum Gasteiger partial charge on any atom is 0.316 e. The molecule has 1 heterocycles. The molecule has 0 N–H and O–H groups in total. The summed E-state index contributed by atoms with van der Waals surface area (Å²) >= 11 is 0. The number of hydrogen-bond donors (Lipinski definition) is 0. The second-order valence-electron chi connectivity index (χ2n) is 3.82. The van der Waals surface area contributed by atoms with Gasteiger partial charge in [-0.2, -0.15) is 0 Å². The first-order valence-corrected chi connectivity index (χ1v) is 6.83. The van der Waals surface area contributed by atoms with E-state index < -0.39 is 13.5 Å². The van der Waals surface area contributed by atoms with Crippen molar-refractivity contribution in [1.29, 1.82) is 0 Å². The number of nitrogens with zero attached hydrogens (tertiary/aromatic N) is 1. The van der Waals surface area contributed by atoms with Gasteiger partial charge in [0.05, 0.1) is 13.7 Å². The number of rotatable bonds is 3. The summed E-state index contributed by atoms with van der Waals surface area (Å²) in [5, 5.41) is 0. The van der Waals surface area contributed by atoms with E-state index in [2.05, 4.69) is 4.74 Å². The van der Waals surface area contributed by atoms with Crippen molar-refractivity contribution in [2.24, 2.45) is 0 Å². The summed E-state index contributed by atoms with van der Waals surface area (Å²) in [5.74, 6) is -0.481. The number of ether oxygens (including phenoxy) is 1.